The number of hydrogen-bond donors (Lipinski definition) is 2. The van der Waals surface area contributed by atoms with E-state index in [1.54, 1.807) is 6.07 Å². The number of benzene rings is 1. The fraction of sp³-hybridized carbons (Fsp3) is 0.0833. The van der Waals surface area contributed by atoms with Crippen LogP contribution in [-0.4, -0.2) is 9.97 Å². The molecule has 0 aliphatic rings. The molecule has 0 bridgehead atoms. The van der Waals surface area contributed by atoms with Crippen molar-refractivity contribution in [3.63, 3.8) is 0 Å². The van der Waals surface area contributed by atoms with Crippen LogP contribution in [0, 0.1) is 11.3 Å². The third-order valence-electron chi connectivity index (χ3n) is 2.54. The van der Waals surface area contributed by atoms with E-state index in [4.69, 9.17) is 11.0 Å². The molecule has 3 N–H and O–H groups in total. The van der Waals surface area contributed by atoms with E-state index in [-0.39, 0.29) is 22.9 Å². The van der Waals surface area contributed by atoms with Crippen molar-refractivity contribution in [2.75, 3.05) is 11.1 Å². The third-order valence-corrected chi connectivity index (χ3v) is 3.32. The van der Waals surface area contributed by atoms with Gasteiger partial charge in [0.1, 0.15) is 28.5 Å². The Labute approximate surface area is 125 Å². The number of nitrogens with two attached hydrogens (primary N) is 1. The second-order valence-corrected chi connectivity index (χ2v) is 4.71. The summed E-state index contributed by atoms with van der Waals surface area (Å²) in [6.07, 6.45) is -3.32. The molecule has 0 spiro atoms. The summed E-state index contributed by atoms with van der Waals surface area (Å²) in [7, 11) is 0. The van der Waals surface area contributed by atoms with E-state index in [0.29, 0.717) is 4.47 Å². The lowest BCUT2D eigenvalue weighted by atomic mass is 10.1. The van der Waals surface area contributed by atoms with Crippen LogP contribution in [0.4, 0.5) is 30.5 Å². The third kappa shape index (κ3) is 3.22. The summed E-state index contributed by atoms with van der Waals surface area (Å²) in [5, 5.41) is 11.7. The van der Waals surface area contributed by atoms with Gasteiger partial charge in [0.05, 0.1) is 16.8 Å². The molecule has 21 heavy (non-hydrogen) atoms. The minimum absolute atomic E-state index is 0.158. The molecule has 0 saturated heterocycles. The minimum atomic E-state index is -4.51. The summed E-state index contributed by atoms with van der Waals surface area (Å²) in [5.74, 6) is 0.414. The van der Waals surface area contributed by atoms with Crippen molar-refractivity contribution in [1.29, 1.82) is 5.26 Å². The second-order valence-electron chi connectivity index (χ2n) is 3.92. The maximum atomic E-state index is 12.6. The zero-order valence-corrected chi connectivity index (χ0v) is 11.8. The fourth-order valence-corrected chi connectivity index (χ4v) is 1.82. The Morgan fingerprint density at radius 3 is 2.62 bits per heavy atom. The summed E-state index contributed by atoms with van der Waals surface area (Å²) >= 11 is 3.15. The molecule has 1 aromatic heterocycles. The van der Waals surface area contributed by atoms with Gasteiger partial charge in [0.25, 0.3) is 0 Å². The monoisotopic (exact) mass is 357 g/mol. The number of nitriles is 1. The van der Waals surface area contributed by atoms with Crippen LogP contribution in [0.5, 0.6) is 0 Å². The molecular weight excluding hydrogens is 351 g/mol. The highest BCUT2D eigenvalue weighted by molar-refractivity contribution is 9.10. The number of nitrogens with zero attached hydrogens (tertiary/aromatic N) is 3. The van der Waals surface area contributed by atoms with Gasteiger partial charge in [-0.15, -0.1) is 0 Å². The van der Waals surface area contributed by atoms with Gasteiger partial charge in [-0.05, 0) is 34.1 Å². The summed E-state index contributed by atoms with van der Waals surface area (Å²) < 4.78 is 38.2. The van der Waals surface area contributed by atoms with Crippen LogP contribution in [0.15, 0.2) is 29.0 Å². The minimum Gasteiger partial charge on any atom is -0.383 e. The highest BCUT2D eigenvalue weighted by atomic mass is 79.9. The molecule has 0 amide bonds. The predicted octanol–water partition coefficient (Wildman–Crippen LogP) is 3.46. The smallest absolute Gasteiger partial charge is 0.383 e. The lowest BCUT2D eigenvalue weighted by Gasteiger charge is -2.12. The lowest BCUT2D eigenvalue weighted by Crippen LogP contribution is -2.06. The van der Waals surface area contributed by atoms with Crippen molar-refractivity contribution in [3.8, 4) is 6.07 Å². The molecule has 108 valence electrons. The Balaban J connectivity index is 2.42. The van der Waals surface area contributed by atoms with Crippen LogP contribution in [0.25, 0.3) is 0 Å². The lowest BCUT2D eigenvalue weighted by molar-refractivity contribution is -0.137. The number of aromatic nitrogens is 2. The SMILES string of the molecule is N#Cc1cc(C(F)(F)F)ccc1Nc1ncnc(N)c1Br. The van der Waals surface area contributed by atoms with Gasteiger partial charge in [-0.1, -0.05) is 0 Å². The quantitative estimate of drug-likeness (QED) is 0.859. The van der Waals surface area contributed by atoms with E-state index in [2.05, 4.69) is 31.2 Å². The highest BCUT2D eigenvalue weighted by Crippen LogP contribution is 2.33. The van der Waals surface area contributed by atoms with Gasteiger partial charge in [-0.2, -0.15) is 18.4 Å². The summed E-state index contributed by atoms with van der Waals surface area (Å²) in [4.78, 5) is 7.64. The Kier molecular flexibility index (Phi) is 3.99. The van der Waals surface area contributed by atoms with E-state index in [9.17, 15) is 13.2 Å². The zero-order valence-electron chi connectivity index (χ0n) is 10.2. The van der Waals surface area contributed by atoms with Crippen LogP contribution in [0.3, 0.4) is 0 Å². The highest BCUT2D eigenvalue weighted by Gasteiger charge is 2.31. The van der Waals surface area contributed by atoms with Gasteiger partial charge in [0, 0.05) is 0 Å². The molecule has 0 unspecified atom stereocenters. The molecule has 0 saturated carbocycles. The summed E-state index contributed by atoms with van der Waals surface area (Å²) in [6.45, 7) is 0. The van der Waals surface area contributed by atoms with Crippen molar-refractivity contribution >= 4 is 33.3 Å². The first-order chi connectivity index (χ1) is 9.82. The molecule has 0 fully saturated rings. The summed E-state index contributed by atoms with van der Waals surface area (Å²) in [5.41, 5.74) is 4.70. The largest absolute Gasteiger partial charge is 0.416 e. The van der Waals surface area contributed by atoms with Gasteiger partial charge in [0.15, 0.2) is 0 Å². The Hall–Kier alpha value is -2.34. The molecule has 2 aromatic rings. The number of hydrogen-bond acceptors (Lipinski definition) is 5. The molecule has 0 aliphatic heterocycles. The van der Waals surface area contributed by atoms with Gasteiger partial charge in [-0.25, -0.2) is 9.97 Å². The molecule has 1 heterocycles. The average Bonchev–Trinajstić information content (AvgIpc) is 2.43. The van der Waals surface area contributed by atoms with E-state index in [0.717, 1.165) is 18.2 Å². The van der Waals surface area contributed by atoms with Crippen LogP contribution in [0.2, 0.25) is 0 Å². The van der Waals surface area contributed by atoms with Crippen LogP contribution in [-0.2, 0) is 6.18 Å². The normalized spacial score (nSPS) is 11.0. The molecule has 0 aliphatic carbocycles. The molecular formula is C12H7BrF3N5. The summed E-state index contributed by atoms with van der Waals surface area (Å²) in [6, 6.07) is 4.51. The van der Waals surface area contributed by atoms with Gasteiger partial charge in [-0.3, -0.25) is 0 Å². The molecule has 0 radical (unpaired) electrons. The second kappa shape index (κ2) is 5.57. The van der Waals surface area contributed by atoms with Gasteiger partial charge < -0.3 is 11.1 Å². The first-order valence-electron chi connectivity index (χ1n) is 5.47. The average molecular weight is 358 g/mol. The fourth-order valence-electron chi connectivity index (χ4n) is 1.52. The number of nitrogens with one attached hydrogen (secondary N) is 1. The van der Waals surface area contributed by atoms with Crippen molar-refractivity contribution in [2.45, 2.75) is 6.18 Å². The first kappa shape index (κ1) is 15.1. The van der Waals surface area contributed by atoms with E-state index in [1.807, 2.05) is 0 Å². The Bertz CT molecular complexity index is 724. The number of anilines is 3. The van der Waals surface area contributed by atoms with E-state index < -0.39 is 11.7 Å². The standard InChI is InChI=1S/C12H7BrF3N5/c13-9-10(18)19-5-20-11(9)21-8-2-1-7(12(14,15)16)3-6(8)4-17/h1-3,5H,(H3,18,19,20,21). The topological polar surface area (TPSA) is 87.6 Å². The van der Waals surface area contributed by atoms with Crippen molar-refractivity contribution in [2.24, 2.45) is 0 Å². The molecule has 1 aromatic carbocycles. The maximum Gasteiger partial charge on any atom is 0.416 e. The molecule has 9 heteroatoms. The Morgan fingerprint density at radius 1 is 1.29 bits per heavy atom. The van der Waals surface area contributed by atoms with E-state index in [1.165, 1.54) is 6.33 Å². The molecule has 5 nitrogen and oxygen atoms in total. The number of halogens is 4. The van der Waals surface area contributed by atoms with Crippen LogP contribution < -0.4 is 11.1 Å². The number of alkyl halides is 3. The van der Waals surface area contributed by atoms with Crippen molar-refractivity contribution in [3.05, 3.63) is 40.1 Å². The first-order valence-corrected chi connectivity index (χ1v) is 6.26. The van der Waals surface area contributed by atoms with Crippen LogP contribution in [0.1, 0.15) is 11.1 Å². The van der Waals surface area contributed by atoms with Gasteiger partial charge >= 0.3 is 6.18 Å². The molecule has 2 rings (SSSR count). The van der Waals surface area contributed by atoms with Gasteiger partial charge in [0.2, 0.25) is 0 Å². The maximum absolute atomic E-state index is 12.6. The zero-order chi connectivity index (χ0) is 15.6. The van der Waals surface area contributed by atoms with E-state index >= 15 is 0 Å². The Morgan fingerprint density at radius 2 is 2.00 bits per heavy atom. The van der Waals surface area contributed by atoms with Crippen LogP contribution >= 0.6 is 15.9 Å². The molecule has 0 atom stereocenters. The number of rotatable bonds is 2. The van der Waals surface area contributed by atoms with Crippen molar-refractivity contribution in [1.82, 2.24) is 9.97 Å². The predicted molar refractivity (Wildman–Crippen MR) is 73.6 cm³/mol. The van der Waals surface area contributed by atoms with Crippen molar-refractivity contribution < 1.29 is 13.2 Å². The number of nitrogen functional groups attached to an aromatic ring is 1.